The zero-order chi connectivity index (χ0) is 21.3. The van der Waals surface area contributed by atoms with Crippen molar-refractivity contribution < 1.29 is 14.7 Å². The van der Waals surface area contributed by atoms with Gasteiger partial charge in [-0.2, -0.15) is 0 Å². The maximum absolute atomic E-state index is 12.2. The highest BCUT2D eigenvalue weighted by molar-refractivity contribution is 6.09. The fourth-order valence-corrected chi connectivity index (χ4v) is 3.79. The van der Waals surface area contributed by atoms with Crippen molar-refractivity contribution in [2.45, 2.75) is 44.9 Å². The molecule has 0 bridgehead atoms. The molecule has 1 atom stereocenters. The van der Waals surface area contributed by atoms with E-state index in [2.05, 4.69) is 9.89 Å². The topological polar surface area (TPSA) is 70.0 Å². The van der Waals surface area contributed by atoms with Crippen LogP contribution in [0, 0.1) is 0 Å². The summed E-state index contributed by atoms with van der Waals surface area (Å²) in [7, 11) is 0. The number of amidine groups is 1. The fourth-order valence-electron chi connectivity index (χ4n) is 3.79. The Balaban J connectivity index is 0.000000196. The molecule has 5 heteroatoms. The molecule has 158 valence electrons. The second-order valence-corrected chi connectivity index (χ2v) is 7.83. The van der Waals surface area contributed by atoms with Crippen molar-refractivity contribution >= 4 is 17.6 Å². The Morgan fingerprint density at radius 2 is 1.67 bits per heavy atom. The van der Waals surface area contributed by atoms with Gasteiger partial charge < -0.3 is 10.0 Å². The van der Waals surface area contributed by atoms with Crippen molar-refractivity contribution in [2.75, 3.05) is 19.6 Å². The Kier molecular flexibility index (Phi) is 7.77. The minimum Gasteiger partial charge on any atom is -0.481 e. The van der Waals surface area contributed by atoms with Crippen LogP contribution in [0.2, 0.25) is 0 Å². The van der Waals surface area contributed by atoms with Crippen molar-refractivity contribution in [2.24, 2.45) is 4.99 Å². The van der Waals surface area contributed by atoms with Gasteiger partial charge in [-0.3, -0.25) is 14.6 Å². The van der Waals surface area contributed by atoms with Crippen LogP contribution in [0.5, 0.6) is 0 Å². The summed E-state index contributed by atoms with van der Waals surface area (Å²) in [5, 5.41) is 9.00. The summed E-state index contributed by atoms with van der Waals surface area (Å²) in [6.07, 6.45) is 6.63. The standard InChI is InChI=1S/C16H14O3.C9H16N2/c1-11(16(18)19)13-8-5-9-14(10-13)15(17)12-6-3-2-4-7-12;1-2-5-9-10-6-4-8-11(9)7-3-1/h2-11H,1H3,(H,18,19);1-8H2. The summed E-state index contributed by atoms with van der Waals surface area (Å²) in [5.74, 6) is -0.221. The second-order valence-electron chi connectivity index (χ2n) is 7.83. The Labute approximate surface area is 178 Å². The predicted molar refractivity (Wildman–Crippen MR) is 119 cm³/mol. The summed E-state index contributed by atoms with van der Waals surface area (Å²) < 4.78 is 0. The molecule has 5 nitrogen and oxygen atoms in total. The van der Waals surface area contributed by atoms with E-state index in [1.807, 2.05) is 6.07 Å². The second kappa shape index (κ2) is 10.7. The van der Waals surface area contributed by atoms with Gasteiger partial charge in [0.25, 0.3) is 0 Å². The van der Waals surface area contributed by atoms with Crippen LogP contribution < -0.4 is 0 Å². The number of aliphatic carboxylic acids is 1. The Morgan fingerprint density at radius 3 is 2.43 bits per heavy atom. The van der Waals surface area contributed by atoms with E-state index in [1.165, 1.54) is 51.0 Å². The molecule has 2 aromatic rings. The quantitative estimate of drug-likeness (QED) is 0.743. The van der Waals surface area contributed by atoms with Gasteiger partial charge in [0.15, 0.2) is 5.78 Å². The number of carbonyl (C=O) groups excluding carboxylic acids is 1. The number of carbonyl (C=O) groups is 2. The van der Waals surface area contributed by atoms with Gasteiger partial charge in [0.2, 0.25) is 0 Å². The molecule has 2 aliphatic rings. The number of nitrogens with zero attached hydrogens (tertiary/aromatic N) is 2. The van der Waals surface area contributed by atoms with Gasteiger partial charge in [-0.15, -0.1) is 0 Å². The van der Waals surface area contributed by atoms with Gasteiger partial charge in [-0.1, -0.05) is 55.0 Å². The first-order valence-corrected chi connectivity index (χ1v) is 10.8. The first-order chi connectivity index (χ1) is 14.6. The van der Waals surface area contributed by atoms with E-state index in [1.54, 1.807) is 55.5 Å². The number of hydrogen-bond donors (Lipinski definition) is 1. The number of benzene rings is 2. The molecule has 2 aromatic carbocycles. The fraction of sp³-hybridized carbons (Fsp3) is 0.400. The third kappa shape index (κ3) is 5.78. The van der Waals surface area contributed by atoms with E-state index in [0.717, 1.165) is 6.54 Å². The lowest BCUT2D eigenvalue weighted by Gasteiger charge is -2.27. The average molecular weight is 407 g/mol. The number of carboxylic acid groups (broad SMARTS) is 1. The van der Waals surface area contributed by atoms with Gasteiger partial charge in [0.05, 0.1) is 11.8 Å². The van der Waals surface area contributed by atoms with Gasteiger partial charge >= 0.3 is 5.97 Å². The van der Waals surface area contributed by atoms with E-state index in [0.29, 0.717) is 16.7 Å². The van der Waals surface area contributed by atoms with Crippen LogP contribution >= 0.6 is 0 Å². The molecule has 0 aromatic heterocycles. The molecule has 2 aliphatic heterocycles. The summed E-state index contributed by atoms with van der Waals surface area (Å²) in [4.78, 5) is 30.2. The lowest BCUT2D eigenvalue weighted by molar-refractivity contribution is -0.138. The van der Waals surface area contributed by atoms with Crippen molar-refractivity contribution in [1.82, 2.24) is 4.90 Å². The molecule has 1 saturated heterocycles. The number of fused-ring (bicyclic) bond motifs is 1. The smallest absolute Gasteiger partial charge is 0.310 e. The Hall–Kier alpha value is -2.95. The predicted octanol–water partition coefficient (Wildman–Crippen LogP) is 4.77. The first kappa shape index (κ1) is 21.8. The number of carboxylic acids is 1. The van der Waals surface area contributed by atoms with Gasteiger partial charge in [0.1, 0.15) is 0 Å². The average Bonchev–Trinajstić information content (AvgIpc) is 3.05. The third-order valence-corrected chi connectivity index (χ3v) is 5.63. The van der Waals surface area contributed by atoms with Crippen LogP contribution in [-0.4, -0.2) is 47.2 Å². The summed E-state index contributed by atoms with van der Waals surface area (Å²) in [5.41, 5.74) is 1.74. The van der Waals surface area contributed by atoms with E-state index >= 15 is 0 Å². The van der Waals surface area contributed by atoms with Crippen LogP contribution in [0.25, 0.3) is 0 Å². The van der Waals surface area contributed by atoms with Crippen molar-refractivity contribution in [1.29, 1.82) is 0 Å². The zero-order valence-corrected chi connectivity index (χ0v) is 17.6. The van der Waals surface area contributed by atoms with Crippen LogP contribution in [0.3, 0.4) is 0 Å². The van der Waals surface area contributed by atoms with Gasteiger partial charge in [0, 0.05) is 37.2 Å². The van der Waals surface area contributed by atoms with Gasteiger partial charge in [-0.05, 0) is 37.8 Å². The highest BCUT2D eigenvalue weighted by Gasteiger charge is 2.17. The summed E-state index contributed by atoms with van der Waals surface area (Å²) in [6.45, 7) is 5.21. The van der Waals surface area contributed by atoms with E-state index in [9.17, 15) is 9.59 Å². The van der Waals surface area contributed by atoms with Crippen molar-refractivity contribution in [3.63, 3.8) is 0 Å². The molecule has 30 heavy (non-hydrogen) atoms. The molecule has 0 radical (unpaired) electrons. The van der Waals surface area contributed by atoms with E-state index < -0.39 is 11.9 Å². The van der Waals surface area contributed by atoms with Crippen LogP contribution in [0.1, 0.15) is 66.4 Å². The van der Waals surface area contributed by atoms with E-state index in [4.69, 9.17) is 5.11 Å². The van der Waals surface area contributed by atoms with Crippen LogP contribution in [-0.2, 0) is 4.79 Å². The van der Waals surface area contributed by atoms with Crippen molar-refractivity contribution in [3.05, 3.63) is 71.3 Å². The van der Waals surface area contributed by atoms with Crippen molar-refractivity contribution in [3.8, 4) is 0 Å². The molecule has 0 aliphatic carbocycles. The maximum Gasteiger partial charge on any atom is 0.310 e. The SMILES string of the molecule is C1CCC2=NCCCN2CC1.CC(C(=O)O)c1cccc(C(=O)c2ccccc2)c1. The molecule has 0 amide bonds. The Morgan fingerprint density at radius 1 is 0.933 bits per heavy atom. The molecule has 2 heterocycles. The molecule has 1 fully saturated rings. The monoisotopic (exact) mass is 406 g/mol. The molecule has 1 unspecified atom stereocenters. The number of hydrogen-bond acceptors (Lipinski definition) is 4. The summed E-state index contributed by atoms with van der Waals surface area (Å²) >= 11 is 0. The highest BCUT2D eigenvalue weighted by atomic mass is 16.4. The molecule has 4 rings (SSSR count). The molecular weight excluding hydrogens is 376 g/mol. The minimum atomic E-state index is -0.899. The van der Waals surface area contributed by atoms with E-state index in [-0.39, 0.29) is 5.78 Å². The molecular formula is C25H30N2O3. The molecule has 0 spiro atoms. The largest absolute Gasteiger partial charge is 0.481 e. The summed E-state index contributed by atoms with van der Waals surface area (Å²) in [6, 6.07) is 15.7. The van der Waals surface area contributed by atoms with Gasteiger partial charge in [-0.25, -0.2) is 0 Å². The zero-order valence-electron chi connectivity index (χ0n) is 17.6. The lowest BCUT2D eigenvalue weighted by atomic mass is 9.96. The molecule has 0 saturated carbocycles. The lowest BCUT2D eigenvalue weighted by Crippen LogP contribution is -2.34. The minimum absolute atomic E-state index is 0.0972. The molecule has 1 N–H and O–H groups in total. The van der Waals surface area contributed by atoms with Crippen LogP contribution in [0.15, 0.2) is 59.6 Å². The third-order valence-electron chi connectivity index (χ3n) is 5.63. The number of aliphatic imine (C=N–C) groups is 1. The maximum atomic E-state index is 12.2. The first-order valence-electron chi connectivity index (χ1n) is 10.8. The highest BCUT2D eigenvalue weighted by Crippen LogP contribution is 2.19. The Bertz CT molecular complexity index is 892. The number of ketones is 1. The van der Waals surface area contributed by atoms with Crippen LogP contribution in [0.4, 0.5) is 0 Å². The normalized spacial score (nSPS) is 16.8. The number of rotatable bonds is 4.